The third-order valence-electron chi connectivity index (χ3n) is 9.53. The van der Waals surface area contributed by atoms with Gasteiger partial charge in [-0.15, -0.1) is 0 Å². The number of esters is 1. The van der Waals surface area contributed by atoms with E-state index in [-0.39, 0.29) is 30.6 Å². The number of hydrogen-bond acceptors (Lipinski definition) is 9. The third-order valence-corrected chi connectivity index (χ3v) is 9.53. The van der Waals surface area contributed by atoms with Gasteiger partial charge < -0.3 is 25.4 Å². The predicted molar refractivity (Wildman–Crippen MR) is 171 cm³/mol. The van der Waals surface area contributed by atoms with Crippen molar-refractivity contribution in [1.29, 1.82) is 0 Å². The summed E-state index contributed by atoms with van der Waals surface area (Å²) in [5.74, 6) is -3.32. The molecule has 0 saturated carbocycles. The Hall–Kier alpha value is -4.83. The highest BCUT2D eigenvalue weighted by atomic mass is 16.5. The van der Waals surface area contributed by atoms with Crippen LogP contribution in [0.15, 0.2) is 119 Å². The number of ether oxygens (including phenoxy) is 1. The molecular weight excluding hydrogens is 572 g/mol. The minimum absolute atomic E-state index is 0.0795. The van der Waals surface area contributed by atoms with Crippen LogP contribution >= 0.6 is 0 Å². The number of aliphatic hydroxyl groups excluding tert-OH is 2. The van der Waals surface area contributed by atoms with Crippen molar-refractivity contribution < 1.29 is 29.6 Å². The number of carboxylic acid groups (broad SMARTS) is 1. The average molecular weight is 609 g/mol. The smallest absolute Gasteiger partial charge is 0.321 e. The van der Waals surface area contributed by atoms with Crippen molar-refractivity contribution in [3.63, 3.8) is 0 Å². The minimum atomic E-state index is -1.12. The molecule has 4 N–H and O–H groups in total. The van der Waals surface area contributed by atoms with Gasteiger partial charge in [-0.1, -0.05) is 26.5 Å². The normalized spacial score (nSPS) is 25.3. The molecule has 0 aromatic rings. The first kappa shape index (κ1) is 30.2. The first-order valence-corrected chi connectivity index (χ1v) is 15.1. The molecule has 0 unspecified atom stereocenters. The van der Waals surface area contributed by atoms with Gasteiger partial charge in [-0.25, -0.2) is 15.0 Å². The molecule has 45 heavy (non-hydrogen) atoms. The number of rotatable bonds is 7. The van der Waals surface area contributed by atoms with E-state index in [2.05, 4.69) is 11.9 Å². The molecule has 0 radical (unpaired) electrons. The Morgan fingerprint density at radius 1 is 1.07 bits per heavy atom. The largest absolute Gasteiger partial charge is 0.510 e. The van der Waals surface area contributed by atoms with E-state index in [4.69, 9.17) is 19.7 Å². The minimum Gasteiger partial charge on any atom is -0.510 e. The van der Waals surface area contributed by atoms with Gasteiger partial charge in [-0.05, 0) is 61.6 Å². The fraction of sp³-hybridized carbons (Fsp3) is 0.343. The van der Waals surface area contributed by atoms with Crippen molar-refractivity contribution in [2.75, 3.05) is 13.7 Å². The van der Waals surface area contributed by atoms with E-state index in [0.29, 0.717) is 75.1 Å². The summed E-state index contributed by atoms with van der Waals surface area (Å²) in [6.07, 6.45) is 8.26. The summed E-state index contributed by atoms with van der Waals surface area (Å²) >= 11 is 0. The molecule has 0 aromatic carbocycles. The van der Waals surface area contributed by atoms with Gasteiger partial charge in [0.05, 0.1) is 47.9 Å². The van der Waals surface area contributed by atoms with E-state index in [1.54, 1.807) is 6.08 Å². The molecule has 1 fully saturated rings. The second-order valence-corrected chi connectivity index (χ2v) is 11.8. The quantitative estimate of drug-likeness (QED) is 0.294. The Labute approximate surface area is 261 Å². The number of methoxy groups -OCH3 is 1. The maximum Gasteiger partial charge on any atom is 0.321 e. The van der Waals surface area contributed by atoms with E-state index >= 15 is 0 Å². The Balaban J connectivity index is 1.68. The molecule has 10 nitrogen and oxygen atoms in total. The number of aliphatic hydroxyl groups is 2. The second-order valence-electron chi connectivity index (χ2n) is 11.8. The summed E-state index contributed by atoms with van der Waals surface area (Å²) in [5, 5.41) is 35.1. The van der Waals surface area contributed by atoms with Gasteiger partial charge >= 0.3 is 11.9 Å². The highest BCUT2D eigenvalue weighted by Crippen LogP contribution is 2.49. The molecule has 8 bridgehead atoms. The van der Waals surface area contributed by atoms with Gasteiger partial charge in [0, 0.05) is 51.9 Å². The van der Waals surface area contributed by atoms with Crippen LogP contribution in [0.5, 0.6) is 0 Å². The van der Waals surface area contributed by atoms with Gasteiger partial charge in [0.1, 0.15) is 11.7 Å². The highest BCUT2D eigenvalue weighted by Gasteiger charge is 2.49. The first-order valence-electron chi connectivity index (χ1n) is 15.1. The lowest BCUT2D eigenvalue weighted by Crippen LogP contribution is -2.25. The monoisotopic (exact) mass is 608 g/mol. The van der Waals surface area contributed by atoms with Crippen LogP contribution in [0, 0.1) is 17.8 Å². The number of carbonyl (C=O) groups is 2. The summed E-state index contributed by atoms with van der Waals surface area (Å²) < 4.78 is 5.16. The molecule has 5 aliphatic heterocycles. The number of fused-ring (bicyclic) bond motifs is 5. The molecule has 232 valence electrons. The first-order chi connectivity index (χ1) is 21.5. The van der Waals surface area contributed by atoms with Crippen molar-refractivity contribution >= 4 is 29.1 Å². The maximum absolute atomic E-state index is 13.2. The average Bonchev–Trinajstić information content (AvgIpc) is 3.76. The molecule has 0 spiro atoms. The standard InChI is InChI=1S/C35H36N4O6/c1-7-18-15(3)22-11-23-16(4)20(9-10-28(41)42)32(38-23)30-31(35(44)45-6)34(43)29-17(5)24(39-33(29)30)12-26-19(8-2)21(14-40)27(37-26)13-25(18)36-22/h7,11-13,16,20,31,38,40,43H,1,8-10,14H2,2-6H3,(H,41,42)/t16-,20-,31+/m0/s1. The molecule has 1 aliphatic carbocycles. The molecular formula is C35H36N4O6. The number of nitrogens with zero attached hydrogens (tertiary/aromatic N) is 3. The van der Waals surface area contributed by atoms with Crippen molar-refractivity contribution in [1.82, 2.24) is 5.32 Å². The second kappa shape index (κ2) is 11.3. The number of hydrogen-bond donors (Lipinski definition) is 4. The Kier molecular flexibility index (Phi) is 7.56. The van der Waals surface area contributed by atoms with Crippen LogP contribution < -0.4 is 5.32 Å². The maximum atomic E-state index is 13.2. The molecule has 3 atom stereocenters. The topological polar surface area (TPSA) is 153 Å². The van der Waals surface area contributed by atoms with E-state index in [9.17, 15) is 24.9 Å². The summed E-state index contributed by atoms with van der Waals surface area (Å²) in [6.45, 7) is 11.6. The van der Waals surface area contributed by atoms with Gasteiger partial charge in [-0.3, -0.25) is 9.59 Å². The molecule has 5 heterocycles. The van der Waals surface area contributed by atoms with Crippen LogP contribution in [-0.4, -0.2) is 58.1 Å². The van der Waals surface area contributed by atoms with Crippen LogP contribution in [0.4, 0.5) is 0 Å². The summed E-state index contributed by atoms with van der Waals surface area (Å²) in [6, 6.07) is 0. The summed E-state index contributed by atoms with van der Waals surface area (Å²) in [5.41, 5.74) is 10.0. The van der Waals surface area contributed by atoms with Gasteiger partial charge in [0.25, 0.3) is 0 Å². The molecule has 0 amide bonds. The van der Waals surface area contributed by atoms with Gasteiger partial charge in [-0.2, -0.15) is 0 Å². The zero-order valence-corrected chi connectivity index (χ0v) is 26.0. The summed E-state index contributed by atoms with van der Waals surface area (Å²) in [4.78, 5) is 39.8. The van der Waals surface area contributed by atoms with E-state index in [1.807, 2.05) is 45.9 Å². The van der Waals surface area contributed by atoms with Gasteiger partial charge in [0.15, 0.2) is 0 Å². The lowest BCUT2D eigenvalue weighted by atomic mass is 9.84. The number of carboxylic acids is 1. The molecule has 1 saturated heterocycles. The predicted octanol–water partition coefficient (Wildman–Crippen LogP) is 5.08. The zero-order chi connectivity index (χ0) is 32.3. The van der Waals surface area contributed by atoms with Gasteiger partial charge in [0.2, 0.25) is 0 Å². The molecule has 6 rings (SSSR count). The molecule has 0 aromatic heterocycles. The van der Waals surface area contributed by atoms with Crippen molar-refractivity contribution in [2.45, 2.75) is 47.0 Å². The van der Waals surface area contributed by atoms with Crippen LogP contribution in [0.1, 0.15) is 47.0 Å². The molecule has 10 heteroatoms. The van der Waals surface area contributed by atoms with Crippen LogP contribution in [0.25, 0.3) is 0 Å². The summed E-state index contributed by atoms with van der Waals surface area (Å²) in [7, 11) is 1.27. The third kappa shape index (κ3) is 4.63. The van der Waals surface area contributed by atoms with E-state index in [1.165, 1.54) is 7.11 Å². The van der Waals surface area contributed by atoms with E-state index in [0.717, 1.165) is 22.4 Å². The lowest BCUT2D eigenvalue weighted by molar-refractivity contribution is -0.143. The number of aliphatic imine (C=N–C) groups is 3. The van der Waals surface area contributed by atoms with Crippen molar-refractivity contribution in [3.05, 3.63) is 104 Å². The number of carbonyl (C=O) groups excluding carboxylic acids is 1. The van der Waals surface area contributed by atoms with Crippen LogP contribution in [0.2, 0.25) is 0 Å². The van der Waals surface area contributed by atoms with Crippen molar-refractivity contribution in [2.24, 2.45) is 32.7 Å². The fourth-order valence-corrected chi connectivity index (χ4v) is 7.10. The Morgan fingerprint density at radius 3 is 2.44 bits per heavy atom. The van der Waals surface area contributed by atoms with Crippen LogP contribution in [0.3, 0.4) is 0 Å². The Morgan fingerprint density at radius 2 is 1.80 bits per heavy atom. The zero-order valence-electron chi connectivity index (χ0n) is 26.0. The van der Waals surface area contributed by atoms with E-state index < -0.39 is 17.9 Å². The lowest BCUT2D eigenvalue weighted by Gasteiger charge is -2.20. The van der Waals surface area contributed by atoms with Crippen LogP contribution in [-0.2, 0) is 14.3 Å². The SMILES string of the molecule is C=CC1=C(C)C2=NC1=CC1=NC(=CC3=C(C)C4=C(O)[C@H](C(=O)OC)C(=C5NC(=C2)[C@@H](C)[C@@H]5CCC(=O)O)C4=N3)C(CC)=C1CO. The molecule has 6 aliphatic rings. The number of nitrogens with one attached hydrogen (secondary N) is 1. The number of aliphatic carboxylic acids is 1. The highest BCUT2D eigenvalue weighted by molar-refractivity contribution is 6.24. The fourth-order valence-electron chi connectivity index (χ4n) is 7.10. The Bertz CT molecular complexity index is 1830. The number of allylic oxidation sites excluding steroid dienone is 10. The van der Waals surface area contributed by atoms with Crippen molar-refractivity contribution in [3.8, 4) is 0 Å².